The van der Waals surface area contributed by atoms with Crippen LogP contribution in [0.25, 0.3) is 0 Å². The summed E-state index contributed by atoms with van der Waals surface area (Å²) >= 11 is 3.41. The van der Waals surface area contributed by atoms with Gasteiger partial charge in [-0.1, -0.05) is 39.7 Å². The summed E-state index contributed by atoms with van der Waals surface area (Å²) in [5.74, 6) is 0.746. The number of halogens is 1. The lowest BCUT2D eigenvalue weighted by Gasteiger charge is -2.10. The van der Waals surface area contributed by atoms with Gasteiger partial charge in [0, 0.05) is 10.0 Å². The van der Waals surface area contributed by atoms with E-state index >= 15 is 0 Å². The summed E-state index contributed by atoms with van der Waals surface area (Å²) in [7, 11) is 0. The van der Waals surface area contributed by atoms with Gasteiger partial charge in [-0.05, 0) is 50.1 Å². The fraction of sp³-hybridized carbons (Fsp3) is 0.235. The lowest BCUT2D eigenvalue weighted by atomic mass is 10.0. The number of benzene rings is 2. The monoisotopic (exact) mass is 332 g/mol. The predicted octanol–water partition coefficient (Wildman–Crippen LogP) is 4.64. The summed E-state index contributed by atoms with van der Waals surface area (Å²) in [5, 5.41) is 0. The highest BCUT2D eigenvalue weighted by Crippen LogP contribution is 2.22. The van der Waals surface area contributed by atoms with Gasteiger partial charge in [0.25, 0.3) is 0 Å². The Morgan fingerprint density at radius 2 is 1.80 bits per heavy atom. The van der Waals surface area contributed by atoms with Crippen molar-refractivity contribution in [1.82, 2.24) is 0 Å². The van der Waals surface area contributed by atoms with Crippen molar-refractivity contribution in [2.75, 3.05) is 6.61 Å². The van der Waals surface area contributed by atoms with Gasteiger partial charge in [-0.25, -0.2) is 0 Å². The molecule has 0 heterocycles. The number of aryl methyl sites for hydroxylation is 3. The minimum absolute atomic E-state index is 0.00446. The van der Waals surface area contributed by atoms with E-state index in [9.17, 15) is 4.79 Å². The fourth-order valence-electron chi connectivity index (χ4n) is 2.12. The highest BCUT2D eigenvalue weighted by atomic mass is 79.9. The summed E-state index contributed by atoms with van der Waals surface area (Å²) in [6, 6.07) is 11.6. The lowest BCUT2D eigenvalue weighted by Crippen LogP contribution is -2.13. The van der Waals surface area contributed by atoms with E-state index in [1.807, 2.05) is 57.2 Å². The normalized spacial score (nSPS) is 10.4. The molecular formula is C17H17BrO2. The van der Waals surface area contributed by atoms with E-state index in [0.29, 0.717) is 0 Å². The standard InChI is InChI=1S/C17H17BrO2/c1-11-4-6-15(12(2)8-11)16(19)10-20-17-7-5-14(18)9-13(17)3/h4-9H,10H2,1-3H3. The average molecular weight is 333 g/mol. The van der Waals surface area contributed by atoms with Crippen molar-refractivity contribution in [2.24, 2.45) is 0 Å². The molecule has 0 spiro atoms. The van der Waals surface area contributed by atoms with Crippen LogP contribution in [0.1, 0.15) is 27.0 Å². The SMILES string of the molecule is Cc1ccc(C(=O)COc2ccc(Br)cc2C)c(C)c1. The zero-order valence-corrected chi connectivity index (χ0v) is 13.5. The number of ether oxygens (including phenoxy) is 1. The Morgan fingerprint density at radius 1 is 1.05 bits per heavy atom. The summed E-state index contributed by atoms with van der Waals surface area (Å²) in [4.78, 5) is 12.2. The van der Waals surface area contributed by atoms with Crippen molar-refractivity contribution < 1.29 is 9.53 Å². The fourth-order valence-corrected chi connectivity index (χ4v) is 2.60. The summed E-state index contributed by atoms with van der Waals surface area (Å²) in [5.41, 5.74) is 3.88. The molecule has 2 rings (SSSR count). The third kappa shape index (κ3) is 3.48. The molecule has 0 aliphatic carbocycles. The Morgan fingerprint density at radius 3 is 2.45 bits per heavy atom. The molecular weight excluding hydrogens is 316 g/mol. The van der Waals surface area contributed by atoms with Crippen LogP contribution in [-0.4, -0.2) is 12.4 Å². The molecule has 0 unspecified atom stereocenters. The maximum Gasteiger partial charge on any atom is 0.200 e. The molecule has 0 aliphatic rings. The van der Waals surface area contributed by atoms with Crippen LogP contribution in [0.2, 0.25) is 0 Å². The minimum Gasteiger partial charge on any atom is -0.485 e. The zero-order valence-electron chi connectivity index (χ0n) is 11.9. The number of rotatable bonds is 4. The highest BCUT2D eigenvalue weighted by molar-refractivity contribution is 9.10. The molecule has 0 aromatic heterocycles. The van der Waals surface area contributed by atoms with E-state index in [2.05, 4.69) is 15.9 Å². The van der Waals surface area contributed by atoms with E-state index in [4.69, 9.17) is 4.74 Å². The Balaban J connectivity index is 2.08. The van der Waals surface area contributed by atoms with Crippen molar-refractivity contribution in [3.05, 3.63) is 63.1 Å². The lowest BCUT2D eigenvalue weighted by molar-refractivity contribution is 0.0920. The first-order valence-electron chi connectivity index (χ1n) is 6.47. The van der Waals surface area contributed by atoms with Gasteiger partial charge >= 0.3 is 0 Å². The third-order valence-corrected chi connectivity index (χ3v) is 3.67. The molecule has 0 bridgehead atoms. The molecule has 2 nitrogen and oxygen atoms in total. The number of carbonyl (C=O) groups excluding carboxylic acids is 1. The van der Waals surface area contributed by atoms with Gasteiger partial charge in [0.1, 0.15) is 5.75 Å². The average Bonchev–Trinajstić information content (AvgIpc) is 2.37. The molecule has 2 aromatic carbocycles. The molecule has 3 heteroatoms. The second-order valence-corrected chi connectivity index (χ2v) is 5.86. The van der Waals surface area contributed by atoms with Gasteiger partial charge in [0.05, 0.1) is 0 Å². The van der Waals surface area contributed by atoms with Crippen LogP contribution in [0.3, 0.4) is 0 Å². The molecule has 0 atom stereocenters. The Hall–Kier alpha value is -1.61. The van der Waals surface area contributed by atoms with E-state index in [1.54, 1.807) is 0 Å². The molecule has 2 aromatic rings. The van der Waals surface area contributed by atoms with E-state index in [-0.39, 0.29) is 12.4 Å². The Kier molecular flexibility index (Phi) is 4.61. The smallest absolute Gasteiger partial charge is 0.200 e. The first-order chi connectivity index (χ1) is 9.47. The molecule has 20 heavy (non-hydrogen) atoms. The van der Waals surface area contributed by atoms with E-state index < -0.39 is 0 Å². The molecule has 0 saturated heterocycles. The van der Waals surface area contributed by atoms with Gasteiger partial charge in [-0.3, -0.25) is 4.79 Å². The highest BCUT2D eigenvalue weighted by Gasteiger charge is 2.10. The Labute approximate surface area is 127 Å². The van der Waals surface area contributed by atoms with Gasteiger partial charge in [-0.15, -0.1) is 0 Å². The van der Waals surface area contributed by atoms with Crippen molar-refractivity contribution in [3.63, 3.8) is 0 Å². The van der Waals surface area contributed by atoms with Crippen LogP contribution in [-0.2, 0) is 0 Å². The van der Waals surface area contributed by atoms with Crippen molar-refractivity contribution in [2.45, 2.75) is 20.8 Å². The van der Waals surface area contributed by atoms with E-state index in [1.165, 1.54) is 0 Å². The molecule has 104 valence electrons. The second kappa shape index (κ2) is 6.23. The van der Waals surface area contributed by atoms with Crippen LogP contribution < -0.4 is 4.74 Å². The van der Waals surface area contributed by atoms with Crippen molar-refractivity contribution >= 4 is 21.7 Å². The van der Waals surface area contributed by atoms with Crippen LogP contribution in [0.5, 0.6) is 5.75 Å². The van der Waals surface area contributed by atoms with Crippen LogP contribution >= 0.6 is 15.9 Å². The second-order valence-electron chi connectivity index (χ2n) is 4.94. The topological polar surface area (TPSA) is 26.3 Å². The largest absolute Gasteiger partial charge is 0.485 e. The number of Topliss-reactive ketones (excluding diaryl/α,β-unsaturated/α-hetero) is 1. The molecule has 0 radical (unpaired) electrons. The van der Waals surface area contributed by atoms with Gasteiger partial charge in [-0.2, -0.15) is 0 Å². The zero-order chi connectivity index (χ0) is 14.7. The third-order valence-electron chi connectivity index (χ3n) is 3.18. The quantitative estimate of drug-likeness (QED) is 0.762. The van der Waals surface area contributed by atoms with Crippen LogP contribution in [0, 0.1) is 20.8 Å². The predicted molar refractivity (Wildman–Crippen MR) is 84.6 cm³/mol. The Bertz CT molecular complexity index is 647. The van der Waals surface area contributed by atoms with Gasteiger partial charge in [0.2, 0.25) is 0 Å². The maximum absolute atomic E-state index is 12.2. The van der Waals surface area contributed by atoms with Crippen LogP contribution in [0.15, 0.2) is 40.9 Å². The minimum atomic E-state index is 0.00446. The summed E-state index contributed by atoms with van der Waals surface area (Å²) in [6.07, 6.45) is 0. The number of carbonyl (C=O) groups is 1. The molecule has 0 aliphatic heterocycles. The first-order valence-corrected chi connectivity index (χ1v) is 7.26. The van der Waals surface area contributed by atoms with Crippen LogP contribution in [0.4, 0.5) is 0 Å². The molecule has 0 N–H and O–H groups in total. The van der Waals surface area contributed by atoms with Crippen molar-refractivity contribution in [3.8, 4) is 5.75 Å². The first kappa shape index (κ1) is 14.8. The molecule has 0 fully saturated rings. The summed E-state index contributed by atoms with van der Waals surface area (Å²) < 4.78 is 6.63. The number of hydrogen-bond acceptors (Lipinski definition) is 2. The molecule has 0 amide bonds. The van der Waals surface area contributed by atoms with E-state index in [0.717, 1.165) is 32.5 Å². The van der Waals surface area contributed by atoms with Gasteiger partial charge < -0.3 is 4.74 Å². The molecule has 0 saturated carbocycles. The number of hydrogen-bond donors (Lipinski definition) is 0. The summed E-state index contributed by atoms with van der Waals surface area (Å²) in [6.45, 7) is 5.99. The maximum atomic E-state index is 12.2. The van der Waals surface area contributed by atoms with Crippen molar-refractivity contribution in [1.29, 1.82) is 0 Å². The number of ketones is 1. The van der Waals surface area contributed by atoms with Gasteiger partial charge in [0.15, 0.2) is 12.4 Å².